The van der Waals surface area contributed by atoms with Crippen LogP contribution in [0.1, 0.15) is 37.4 Å². The number of likely N-dealkylation sites (N-methyl/N-ethyl adjacent to an activating group) is 1. The van der Waals surface area contributed by atoms with Gasteiger partial charge in [-0.1, -0.05) is 43.7 Å². The number of hydrogen-bond acceptors (Lipinski definition) is 2. The summed E-state index contributed by atoms with van der Waals surface area (Å²) in [7, 11) is 2.07. The number of benzene rings is 1. The Labute approximate surface area is 118 Å². The average Bonchev–Trinajstić information content (AvgIpc) is 2.84. The Balaban J connectivity index is 1.97. The third-order valence-electron chi connectivity index (χ3n) is 4.49. The molecule has 1 fully saturated rings. The number of nitrogens with zero attached hydrogens (tertiary/aromatic N) is 1. The maximum Gasteiger partial charge on any atom is 0.0446 e. The summed E-state index contributed by atoms with van der Waals surface area (Å²) in [6.07, 6.45) is 1.36. The van der Waals surface area contributed by atoms with Crippen molar-refractivity contribution < 1.29 is 0 Å². The van der Waals surface area contributed by atoms with Crippen molar-refractivity contribution in [3.05, 3.63) is 35.4 Å². The van der Waals surface area contributed by atoms with Gasteiger partial charge in [-0.2, -0.15) is 0 Å². The van der Waals surface area contributed by atoms with Crippen molar-refractivity contribution >= 4 is 0 Å². The van der Waals surface area contributed by atoms with Gasteiger partial charge in [-0.05, 0) is 44.3 Å². The normalized spacial score (nSPS) is 22.1. The molecule has 0 radical (unpaired) electrons. The van der Waals surface area contributed by atoms with E-state index in [4.69, 9.17) is 0 Å². The van der Waals surface area contributed by atoms with Crippen LogP contribution in [0.15, 0.2) is 24.3 Å². The Morgan fingerprint density at radius 2 is 2.16 bits per heavy atom. The third-order valence-corrected chi connectivity index (χ3v) is 4.49. The molecule has 0 spiro atoms. The first kappa shape index (κ1) is 14.5. The molecule has 1 heterocycles. The lowest BCUT2D eigenvalue weighted by atomic mass is 9.95. The fraction of sp³-hybridized carbons (Fsp3) is 0.647. The molecule has 19 heavy (non-hydrogen) atoms. The van der Waals surface area contributed by atoms with Crippen LogP contribution in [0.4, 0.5) is 0 Å². The van der Waals surface area contributed by atoms with Crippen LogP contribution in [-0.4, -0.2) is 31.6 Å². The minimum atomic E-state index is 0.450. The van der Waals surface area contributed by atoms with Gasteiger partial charge in [0.15, 0.2) is 0 Å². The van der Waals surface area contributed by atoms with Crippen LogP contribution in [-0.2, 0) is 0 Å². The molecule has 2 heteroatoms. The molecule has 2 unspecified atom stereocenters. The highest BCUT2D eigenvalue weighted by atomic mass is 15.2. The zero-order valence-corrected chi connectivity index (χ0v) is 12.8. The Morgan fingerprint density at radius 1 is 1.37 bits per heavy atom. The van der Waals surface area contributed by atoms with Gasteiger partial charge in [0.25, 0.3) is 0 Å². The summed E-state index contributed by atoms with van der Waals surface area (Å²) in [4.78, 5) is 2.62. The Morgan fingerprint density at radius 3 is 2.74 bits per heavy atom. The van der Waals surface area contributed by atoms with E-state index in [1.54, 1.807) is 0 Å². The fourth-order valence-electron chi connectivity index (χ4n) is 3.08. The van der Waals surface area contributed by atoms with Gasteiger partial charge >= 0.3 is 0 Å². The first-order valence-corrected chi connectivity index (χ1v) is 7.56. The van der Waals surface area contributed by atoms with E-state index < -0.39 is 0 Å². The second-order valence-corrected chi connectivity index (χ2v) is 6.31. The molecule has 0 amide bonds. The fourth-order valence-corrected chi connectivity index (χ4v) is 3.08. The van der Waals surface area contributed by atoms with Gasteiger partial charge in [0.1, 0.15) is 0 Å². The van der Waals surface area contributed by atoms with Crippen LogP contribution in [0.3, 0.4) is 0 Å². The molecule has 1 saturated heterocycles. The van der Waals surface area contributed by atoms with Gasteiger partial charge in [0, 0.05) is 19.1 Å². The van der Waals surface area contributed by atoms with Crippen LogP contribution in [0, 0.1) is 18.8 Å². The Kier molecular flexibility index (Phi) is 5.00. The highest BCUT2D eigenvalue weighted by molar-refractivity contribution is 5.25. The van der Waals surface area contributed by atoms with E-state index in [0.717, 1.165) is 18.4 Å². The monoisotopic (exact) mass is 260 g/mol. The van der Waals surface area contributed by atoms with E-state index in [9.17, 15) is 0 Å². The predicted molar refractivity (Wildman–Crippen MR) is 82.4 cm³/mol. The second-order valence-electron chi connectivity index (χ2n) is 6.31. The van der Waals surface area contributed by atoms with Crippen LogP contribution in [0.25, 0.3) is 0 Å². The van der Waals surface area contributed by atoms with E-state index in [2.05, 4.69) is 62.3 Å². The lowest BCUT2D eigenvalue weighted by molar-refractivity contribution is 0.275. The molecule has 1 aliphatic heterocycles. The van der Waals surface area contributed by atoms with E-state index in [1.807, 2.05) is 0 Å². The molecule has 0 saturated carbocycles. The summed E-state index contributed by atoms with van der Waals surface area (Å²) < 4.78 is 0. The molecule has 1 aromatic rings. The minimum absolute atomic E-state index is 0.450. The largest absolute Gasteiger partial charge is 0.312 e. The summed E-state index contributed by atoms with van der Waals surface area (Å²) in [6, 6.07) is 9.32. The second kappa shape index (κ2) is 6.53. The molecule has 1 aromatic carbocycles. The summed E-state index contributed by atoms with van der Waals surface area (Å²) in [6.45, 7) is 10.5. The van der Waals surface area contributed by atoms with Crippen molar-refractivity contribution in [3.8, 4) is 0 Å². The van der Waals surface area contributed by atoms with Crippen molar-refractivity contribution in [1.29, 1.82) is 0 Å². The van der Waals surface area contributed by atoms with Crippen molar-refractivity contribution in [2.75, 3.05) is 26.7 Å². The molecule has 106 valence electrons. The van der Waals surface area contributed by atoms with Crippen LogP contribution >= 0.6 is 0 Å². The molecule has 2 rings (SSSR count). The van der Waals surface area contributed by atoms with E-state index in [-0.39, 0.29) is 0 Å². The van der Waals surface area contributed by atoms with Gasteiger partial charge in [0.05, 0.1) is 0 Å². The minimum Gasteiger partial charge on any atom is -0.312 e. The third kappa shape index (κ3) is 3.80. The summed E-state index contributed by atoms with van der Waals surface area (Å²) in [5, 5.41) is 3.47. The van der Waals surface area contributed by atoms with E-state index >= 15 is 0 Å². The Bertz CT molecular complexity index is 400. The number of hydrogen-bond donors (Lipinski definition) is 1. The van der Waals surface area contributed by atoms with Crippen LogP contribution in [0.5, 0.6) is 0 Å². The zero-order chi connectivity index (χ0) is 13.8. The molecular weight excluding hydrogens is 232 g/mol. The topological polar surface area (TPSA) is 15.3 Å². The van der Waals surface area contributed by atoms with Crippen molar-refractivity contribution in [1.82, 2.24) is 10.2 Å². The smallest absolute Gasteiger partial charge is 0.0446 e. The summed E-state index contributed by atoms with van der Waals surface area (Å²) >= 11 is 0. The van der Waals surface area contributed by atoms with Gasteiger partial charge in [-0.25, -0.2) is 0 Å². The van der Waals surface area contributed by atoms with Gasteiger partial charge in [-0.15, -0.1) is 0 Å². The first-order chi connectivity index (χ1) is 9.10. The van der Waals surface area contributed by atoms with Crippen molar-refractivity contribution in [3.63, 3.8) is 0 Å². The van der Waals surface area contributed by atoms with Crippen LogP contribution < -0.4 is 5.32 Å². The zero-order valence-electron chi connectivity index (χ0n) is 12.8. The first-order valence-electron chi connectivity index (χ1n) is 7.56. The quantitative estimate of drug-likeness (QED) is 0.874. The lowest BCUT2D eigenvalue weighted by Gasteiger charge is -2.24. The highest BCUT2D eigenvalue weighted by Crippen LogP contribution is 2.25. The molecule has 0 bridgehead atoms. The molecule has 2 nitrogen and oxygen atoms in total. The van der Waals surface area contributed by atoms with Crippen molar-refractivity contribution in [2.24, 2.45) is 11.8 Å². The van der Waals surface area contributed by atoms with Gasteiger partial charge < -0.3 is 10.2 Å². The number of likely N-dealkylation sites (tertiary alicyclic amines) is 1. The molecule has 2 atom stereocenters. The van der Waals surface area contributed by atoms with Gasteiger partial charge in [-0.3, -0.25) is 0 Å². The number of nitrogens with one attached hydrogen (secondary N) is 1. The summed E-state index contributed by atoms with van der Waals surface area (Å²) in [5.41, 5.74) is 2.76. The molecular formula is C17H28N2. The lowest BCUT2D eigenvalue weighted by Crippen LogP contribution is -2.32. The maximum atomic E-state index is 3.47. The van der Waals surface area contributed by atoms with Gasteiger partial charge in [0.2, 0.25) is 0 Å². The summed E-state index contributed by atoms with van der Waals surface area (Å²) in [5.74, 6) is 1.70. The maximum absolute atomic E-state index is 3.47. The van der Waals surface area contributed by atoms with Crippen LogP contribution in [0.2, 0.25) is 0 Å². The van der Waals surface area contributed by atoms with Crippen molar-refractivity contribution in [2.45, 2.75) is 33.2 Å². The molecule has 0 aromatic heterocycles. The predicted octanol–water partition coefficient (Wildman–Crippen LogP) is 3.23. The standard InChI is InChI=1S/C17H28N2/c1-13(2)16-8-9-19(11-16)12-17(18-4)15-7-5-6-14(3)10-15/h5-7,10,13,16-18H,8-9,11-12H2,1-4H3. The molecule has 1 N–H and O–H groups in total. The number of rotatable bonds is 5. The van der Waals surface area contributed by atoms with E-state index in [1.165, 1.54) is 30.6 Å². The average molecular weight is 260 g/mol. The Hall–Kier alpha value is -0.860. The SMILES string of the molecule is CNC(CN1CCC(C(C)C)C1)c1cccc(C)c1. The number of aryl methyl sites for hydroxylation is 1. The molecule has 0 aliphatic carbocycles. The highest BCUT2D eigenvalue weighted by Gasteiger charge is 2.26. The van der Waals surface area contributed by atoms with E-state index in [0.29, 0.717) is 6.04 Å². The molecule has 1 aliphatic rings.